The van der Waals surface area contributed by atoms with E-state index in [1.54, 1.807) is 48.5 Å². The molecule has 0 heterocycles. The van der Waals surface area contributed by atoms with Crippen molar-refractivity contribution in [2.24, 2.45) is 0 Å². The Morgan fingerprint density at radius 1 is 0.655 bits per heavy atom. The number of benzene rings is 3. The zero-order valence-corrected chi connectivity index (χ0v) is 15.1. The molecule has 150 valence electrons. The second-order valence-electron chi connectivity index (χ2n) is 6.49. The molecule has 29 heavy (non-hydrogen) atoms. The van der Waals surface area contributed by atoms with Crippen LogP contribution in [-0.2, 0) is 5.60 Å². The average molecular weight is 404 g/mol. The highest BCUT2D eigenvalue weighted by Crippen LogP contribution is 2.51. The summed E-state index contributed by atoms with van der Waals surface area (Å²) >= 11 is 0. The van der Waals surface area contributed by atoms with E-state index in [4.69, 9.17) is 0 Å². The molecule has 0 saturated heterocycles. The Bertz CT molecular complexity index is 981. The molecule has 3 aromatic carbocycles. The van der Waals surface area contributed by atoms with Crippen LogP contribution in [0.3, 0.4) is 0 Å². The fourth-order valence-electron chi connectivity index (χ4n) is 3.05. The van der Waals surface area contributed by atoms with Gasteiger partial charge in [-0.25, -0.2) is 0 Å². The minimum atomic E-state index is -5.97. The molecule has 3 rings (SSSR count). The minimum Gasteiger partial charge on any atom is -0.375 e. The lowest BCUT2D eigenvalue weighted by molar-refractivity contribution is -0.334. The molecule has 0 bridgehead atoms. The molecule has 0 aliphatic heterocycles. The summed E-state index contributed by atoms with van der Waals surface area (Å²) in [6.07, 6.45) is -4.40. The Hall–Kier alpha value is -2.99. The van der Waals surface area contributed by atoms with E-state index in [1.165, 1.54) is 30.3 Å². The van der Waals surface area contributed by atoms with Crippen LogP contribution in [0, 0.1) is 0 Å². The van der Waals surface area contributed by atoms with Crippen molar-refractivity contribution in [3.05, 3.63) is 102 Å². The Morgan fingerprint density at radius 3 is 1.76 bits per heavy atom. The van der Waals surface area contributed by atoms with Gasteiger partial charge in [0.05, 0.1) is 0 Å². The predicted molar refractivity (Wildman–Crippen MR) is 102 cm³/mol. The molecule has 1 atom stereocenters. The van der Waals surface area contributed by atoms with Crippen molar-refractivity contribution in [3.8, 4) is 11.1 Å². The second kappa shape index (κ2) is 7.79. The van der Waals surface area contributed by atoms with E-state index < -0.39 is 23.3 Å². The molecule has 1 N–H and O–H groups in total. The zero-order chi connectivity index (χ0) is 21.1. The lowest BCUT2D eigenvalue weighted by Crippen LogP contribution is -2.54. The largest absolute Gasteiger partial charge is 0.457 e. The topological polar surface area (TPSA) is 20.2 Å². The first-order chi connectivity index (χ1) is 13.7. The Kier molecular flexibility index (Phi) is 5.57. The molecule has 6 heteroatoms. The third kappa shape index (κ3) is 3.93. The molecule has 0 aromatic heterocycles. The first kappa shape index (κ1) is 20.7. The third-order valence-corrected chi connectivity index (χ3v) is 4.57. The van der Waals surface area contributed by atoms with E-state index in [0.29, 0.717) is 17.2 Å². The van der Waals surface area contributed by atoms with E-state index in [2.05, 4.69) is 0 Å². The third-order valence-electron chi connectivity index (χ3n) is 4.57. The van der Waals surface area contributed by atoms with Gasteiger partial charge in [-0.05, 0) is 22.8 Å². The minimum absolute atomic E-state index is 0.0808. The highest BCUT2D eigenvalue weighted by Gasteiger charge is 2.70. The van der Waals surface area contributed by atoms with Crippen LogP contribution in [0.5, 0.6) is 0 Å². The van der Waals surface area contributed by atoms with Gasteiger partial charge >= 0.3 is 12.1 Å². The SMILES string of the molecule is OC(/C=C/c1ccccc1)(c1ccccc1-c1ccccc1)C(F)(F)C(F)(F)F. The van der Waals surface area contributed by atoms with Crippen LogP contribution in [0.2, 0.25) is 0 Å². The van der Waals surface area contributed by atoms with Gasteiger partial charge in [-0.2, -0.15) is 22.0 Å². The summed E-state index contributed by atoms with van der Waals surface area (Å²) < 4.78 is 69.3. The molecule has 0 aliphatic rings. The van der Waals surface area contributed by atoms with E-state index in [1.807, 2.05) is 0 Å². The van der Waals surface area contributed by atoms with Crippen molar-refractivity contribution < 1.29 is 27.1 Å². The van der Waals surface area contributed by atoms with Gasteiger partial charge in [-0.1, -0.05) is 91.0 Å². The quantitative estimate of drug-likeness (QED) is 0.485. The van der Waals surface area contributed by atoms with Gasteiger partial charge in [-0.15, -0.1) is 0 Å². The number of rotatable bonds is 5. The maximum atomic E-state index is 14.6. The predicted octanol–water partition coefficient (Wildman–Crippen LogP) is 6.45. The van der Waals surface area contributed by atoms with E-state index in [-0.39, 0.29) is 5.56 Å². The monoisotopic (exact) mass is 404 g/mol. The fraction of sp³-hybridized carbons (Fsp3) is 0.130. The number of aliphatic hydroxyl groups is 1. The highest BCUT2D eigenvalue weighted by molar-refractivity contribution is 5.70. The van der Waals surface area contributed by atoms with Crippen LogP contribution in [0.1, 0.15) is 11.1 Å². The summed E-state index contributed by atoms with van der Waals surface area (Å²) in [7, 11) is 0. The normalized spacial score (nSPS) is 14.7. The van der Waals surface area contributed by atoms with Crippen LogP contribution in [0.4, 0.5) is 22.0 Å². The van der Waals surface area contributed by atoms with Gasteiger partial charge in [0, 0.05) is 5.56 Å². The van der Waals surface area contributed by atoms with Gasteiger partial charge in [0.1, 0.15) is 0 Å². The molecule has 0 saturated carbocycles. The number of hydrogen-bond acceptors (Lipinski definition) is 1. The summed E-state index contributed by atoms with van der Waals surface area (Å²) in [4.78, 5) is 0. The summed E-state index contributed by atoms with van der Waals surface area (Å²) in [6.45, 7) is 0. The maximum Gasteiger partial charge on any atom is 0.457 e. The molecule has 0 aliphatic carbocycles. The van der Waals surface area contributed by atoms with Crippen LogP contribution in [0.25, 0.3) is 17.2 Å². The molecule has 1 nitrogen and oxygen atoms in total. The Labute approximate surface area is 164 Å². The molecular formula is C23H17F5O. The Morgan fingerprint density at radius 2 is 1.17 bits per heavy atom. The number of halogens is 5. The summed E-state index contributed by atoms with van der Waals surface area (Å²) in [5.74, 6) is -5.43. The van der Waals surface area contributed by atoms with Crippen molar-refractivity contribution >= 4 is 6.08 Å². The summed E-state index contributed by atoms with van der Waals surface area (Å²) in [6, 6.07) is 21.4. The van der Waals surface area contributed by atoms with Crippen molar-refractivity contribution in [1.29, 1.82) is 0 Å². The van der Waals surface area contributed by atoms with Crippen LogP contribution in [0.15, 0.2) is 91.0 Å². The first-order valence-electron chi connectivity index (χ1n) is 8.73. The van der Waals surface area contributed by atoms with Gasteiger partial charge in [0.15, 0.2) is 5.60 Å². The van der Waals surface area contributed by atoms with Crippen molar-refractivity contribution in [2.45, 2.75) is 17.7 Å². The van der Waals surface area contributed by atoms with Gasteiger partial charge in [0.2, 0.25) is 0 Å². The first-order valence-corrected chi connectivity index (χ1v) is 8.73. The zero-order valence-electron chi connectivity index (χ0n) is 15.1. The van der Waals surface area contributed by atoms with Gasteiger partial charge in [-0.3, -0.25) is 0 Å². The van der Waals surface area contributed by atoms with Crippen molar-refractivity contribution in [2.75, 3.05) is 0 Å². The van der Waals surface area contributed by atoms with Crippen LogP contribution in [-0.4, -0.2) is 17.2 Å². The average Bonchev–Trinajstić information content (AvgIpc) is 2.72. The molecular weight excluding hydrogens is 387 g/mol. The molecule has 1 unspecified atom stereocenters. The summed E-state index contributed by atoms with van der Waals surface area (Å²) in [5.41, 5.74) is -3.29. The van der Waals surface area contributed by atoms with E-state index >= 15 is 0 Å². The molecule has 3 aromatic rings. The molecule has 0 radical (unpaired) electrons. The van der Waals surface area contributed by atoms with Gasteiger partial charge < -0.3 is 5.11 Å². The second-order valence-corrected chi connectivity index (χ2v) is 6.49. The lowest BCUT2D eigenvalue weighted by Gasteiger charge is -2.36. The van der Waals surface area contributed by atoms with E-state index in [0.717, 1.165) is 12.1 Å². The van der Waals surface area contributed by atoms with Crippen molar-refractivity contribution in [1.82, 2.24) is 0 Å². The van der Waals surface area contributed by atoms with E-state index in [9.17, 15) is 27.1 Å². The highest BCUT2D eigenvalue weighted by atomic mass is 19.4. The fourth-order valence-corrected chi connectivity index (χ4v) is 3.05. The number of alkyl halides is 5. The molecule has 0 spiro atoms. The molecule has 0 fully saturated rings. The standard InChI is InChI=1S/C23H17F5O/c24-22(25,23(26,27)28)21(29,16-15-17-9-3-1-4-10-17)20-14-8-7-13-19(20)18-11-5-2-6-12-18/h1-16,29H/b16-15+. The van der Waals surface area contributed by atoms with Crippen LogP contribution >= 0.6 is 0 Å². The lowest BCUT2D eigenvalue weighted by atomic mass is 9.81. The maximum absolute atomic E-state index is 14.6. The smallest absolute Gasteiger partial charge is 0.375 e. The summed E-state index contributed by atoms with van der Waals surface area (Å²) in [5, 5.41) is 10.9. The number of hydrogen-bond donors (Lipinski definition) is 1. The molecule has 0 amide bonds. The van der Waals surface area contributed by atoms with Crippen LogP contribution < -0.4 is 0 Å². The van der Waals surface area contributed by atoms with Crippen molar-refractivity contribution in [3.63, 3.8) is 0 Å². The Balaban J connectivity index is 2.24. The van der Waals surface area contributed by atoms with Gasteiger partial charge in [0.25, 0.3) is 0 Å².